The van der Waals surface area contributed by atoms with Crippen molar-refractivity contribution in [1.82, 2.24) is 9.97 Å². The summed E-state index contributed by atoms with van der Waals surface area (Å²) in [6.45, 7) is 3.39. The average Bonchev–Trinajstić information content (AvgIpc) is 2.62. The van der Waals surface area contributed by atoms with Crippen LogP contribution in [0.1, 0.15) is 19.4 Å². The first-order valence-corrected chi connectivity index (χ1v) is 4.80. The first kappa shape index (κ1) is 9.65. The molecule has 0 unspecified atom stereocenters. The number of H-pyrrole nitrogens is 1. The van der Waals surface area contributed by atoms with Crippen molar-refractivity contribution in [2.75, 3.05) is 0 Å². The molecule has 0 radical (unpaired) electrons. The molecule has 1 N–H and O–H groups in total. The van der Waals surface area contributed by atoms with E-state index in [2.05, 4.69) is 9.97 Å². The largest absolute Gasteiger partial charge is 0.346 e. The lowest BCUT2D eigenvalue weighted by atomic mass is 10.1. The van der Waals surface area contributed by atoms with Crippen LogP contribution in [0.25, 0.3) is 17.1 Å². The highest BCUT2D eigenvalue weighted by Crippen LogP contribution is 2.18. The van der Waals surface area contributed by atoms with Gasteiger partial charge in [0.15, 0.2) is 5.78 Å². The Labute approximate surface area is 87.8 Å². The van der Waals surface area contributed by atoms with Crippen LogP contribution in [0.15, 0.2) is 30.1 Å². The number of hydrogen-bond donors (Lipinski definition) is 1. The van der Waals surface area contributed by atoms with E-state index in [-0.39, 0.29) is 5.78 Å². The van der Waals surface area contributed by atoms with E-state index in [1.54, 1.807) is 13.1 Å². The fourth-order valence-electron chi connectivity index (χ4n) is 1.43. The van der Waals surface area contributed by atoms with Crippen LogP contribution in [0.2, 0.25) is 0 Å². The van der Waals surface area contributed by atoms with Gasteiger partial charge in [-0.15, -0.1) is 0 Å². The van der Waals surface area contributed by atoms with E-state index < -0.39 is 0 Å². The first-order valence-electron chi connectivity index (χ1n) is 4.80. The van der Waals surface area contributed by atoms with Gasteiger partial charge in [0.25, 0.3) is 0 Å². The molecule has 3 nitrogen and oxygen atoms in total. The Balaban J connectivity index is 2.54. The summed E-state index contributed by atoms with van der Waals surface area (Å²) in [6, 6.07) is 3.87. The van der Waals surface area contributed by atoms with Gasteiger partial charge in [-0.3, -0.25) is 4.79 Å². The lowest BCUT2D eigenvalue weighted by molar-refractivity contribution is -0.113. The van der Waals surface area contributed by atoms with Gasteiger partial charge < -0.3 is 4.98 Å². The summed E-state index contributed by atoms with van der Waals surface area (Å²) in [7, 11) is 0. The standard InChI is InChI=1S/C12H12N2O/c1-8(9(2)15)6-10-7-14-12-11(10)4-3-5-13-12/h3-7H,1-2H3,(H,13,14)/b8-6+. The summed E-state index contributed by atoms with van der Waals surface area (Å²) in [5.74, 6) is 0.0910. The number of rotatable bonds is 2. The number of carbonyl (C=O) groups excluding carboxylic acids is 1. The monoisotopic (exact) mass is 200 g/mol. The predicted octanol–water partition coefficient (Wildman–Crippen LogP) is 2.56. The number of fused-ring (bicyclic) bond motifs is 1. The van der Waals surface area contributed by atoms with Crippen molar-refractivity contribution in [3.63, 3.8) is 0 Å². The molecule has 0 aromatic carbocycles. The van der Waals surface area contributed by atoms with Crippen LogP contribution in [0.3, 0.4) is 0 Å². The van der Waals surface area contributed by atoms with Crippen LogP contribution in [0, 0.1) is 0 Å². The Bertz CT molecular complexity index is 537. The van der Waals surface area contributed by atoms with E-state index in [4.69, 9.17) is 0 Å². The average molecular weight is 200 g/mol. The molecule has 76 valence electrons. The molecule has 0 atom stereocenters. The van der Waals surface area contributed by atoms with E-state index in [0.717, 1.165) is 22.2 Å². The fourth-order valence-corrected chi connectivity index (χ4v) is 1.43. The summed E-state index contributed by atoms with van der Waals surface area (Å²) >= 11 is 0. The number of Topliss-reactive ketones (excluding diaryl/α,β-unsaturated/α-hetero) is 1. The van der Waals surface area contributed by atoms with Gasteiger partial charge in [0.1, 0.15) is 5.65 Å². The number of hydrogen-bond acceptors (Lipinski definition) is 2. The molecule has 3 heteroatoms. The van der Waals surface area contributed by atoms with Gasteiger partial charge in [-0.05, 0) is 37.6 Å². The Hall–Kier alpha value is -1.90. The number of nitrogens with zero attached hydrogens (tertiary/aromatic N) is 1. The number of allylic oxidation sites excluding steroid dienone is 1. The summed E-state index contributed by atoms with van der Waals surface area (Å²) in [5.41, 5.74) is 2.60. The van der Waals surface area contributed by atoms with Crippen LogP contribution in [-0.4, -0.2) is 15.8 Å². The molecule has 15 heavy (non-hydrogen) atoms. The Morgan fingerprint density at radius 3 is 3.00 bits per heavy atom. The van der Waals surface area contributed by atoms with Gasteiger partial charge in [0.05, 0.1) is 0 Å². The molecule has 0 amide bonds. The van der Waals surface area contributed by atoms with Crippen molar-refractivity contribution in [2.45, 2.75) is 13.8 Å². The van der Waals surface area contributed by atoms with Crippen molar-refractivity contribution >= 4 is 22.9 Å². The van der Waals surface area contributed by atoms with Crippen LogP contribution >= 0.6 is 0 Å². The summed E-state index contributed by atoms with van der Waals surface area (Å²) in [6.07, 6.45) is 5.48. The normalized spacial score (nSPS) is 12.0. The number of pyridine rings is 1. The van der Waals surface area contributed by atoms with E-state index in [1.165, 1.54) is 0 Å². The quantitative estimate of drug-likeness (QED) is 0.757. The molecular weight excluding hydrogens is 188 g/mol. The zero-order valence-corrected chi connectivity index (χ0v) is 8.74. The second kappa shape index (κ2) is 3.69. The molecule has 0 aliphatic heterocycles. The van der Waals surface area contributed by atoms with Crippen molar-refractivity contribution in [3.05, 3.63) is 35.7 Å². The maximum atomic E-state index is 11.1. The molecule has 2 heterocycles. The minimum absolute atomic E-state index is 0.0910. The molecule has 0 fully saturated rings. The zero-order chi connectivity index (χ0) is 10.8. The summed E-state index contributed by atoms with van der Waals surface area (Å²) in [5, 5.41) is 1.04. The Morgan fingerprint density at radius 1 is 1.47 bits per heavy atom. The lowest BCUT2D eigenvalue weighted by Crippen LogP contribution is -1.90. The molecule has 0 bridgehead atoms. The minimum Gasteiger partial charge on any atom is -0.346 e. The number of nitrogens with one attached hydrogen (secondary N) is 1. The number of ketones is 1. The third kappa shape index (κ3) is 1.81. The van der Waals surface area contributed by atoms with Crippen LogP contribution in [0.5, 0.6) is 0 Å². The maximum absolute atomic E-state index is 11.1. The topological polar surface area (TPSA) is 45.8 Å². The van der Waals surface area contributed by atoms with Gasteiger partial charge in [-0.25, -0.2) is 4.98 Å². The second-order valence-corrected chi connectivity index (χ2v) is 3.53. The van der Waals surface area contributed by atoms with Gasteiger partial charge >= 0.3 is 0 Å². The molecule has 0 saturated carbocycles. The Morgan fingerprint density at radius 2 is 2.27 bits per heavy atom. The van der Waals surface area contributed by atoms with E-state index in [0.29, 0.717) is 0 Å². The molecule has 0 saturated heterocycles. The highest BCUT2D eigenvalue weighted by Gasteiger charge is 2.03. The number of aromatic amines is 1. The SMILES string of the molecule is CC(=O)/C(C)=C/c1c[nH]c2ncccc12. The smallest absolute Gasteiger partial charge is 0.155 e. The molecule has 2 aromatic rings. The maximum Gasteiger partial charge on any atom is 0.155 e. The van der Waals surface area contributed by atoms with Crippen LogP contribution in [0.4, 0.5) is 0 Å². The van der Waals surface area contributed by atoms with Crippen LogP contribution in [-0.2, 0) is 4.79 Å². The van der Waals surface area contributed by atoms with Gasteiger partial charge in [0.2, 0.25) is 0 Å². The summed E-state index contributed by atoms with van der Waals surface area (Å²) in [4.78, 5) is 18.4. The third-order valence-corrected chi connectivity index (χ3v) is 2.41. The molecule has 2 aromatic heterocycles. The summed E-state index contributed by atoms with van der Waals surface area (Å²) < 4.78 is 0. The number of carbonyl (C=O) groups is 1. The molecule has 0 aliphatic carbocycles. The van der Waals surface area contributed by atoms with E-state index in [9.17, 15) is 4.79 Å². The molecule has 2 rings (SSSR count). The second-order valence-electron chi connectivity index (χ2n) is 3.53. The minimum atomic E-state index is 0.0910. The lowest BCUT2D eigenvalue weighted by Gasteiger charge is -1.94. The fraction of sp³-hybridized carbons (Fsp3) is 0.167. The molecule has 0 spiro atoms. The van der Waals surface area contributed by atoms with E-state index >= 15 is 0 Å². The van der Waals surface area contributed by atoms with E-state index in [1.807, 2.05) is 31.3 Å². The van der Waals surface area contributed by atoms with Crippen molar-refractivity contribution in [2.24, 2.45) is 0 Å². The highest BCUT2D eigenvalue weighted by molar-refractivity contribution is 5.99. The zero-order valence-electron chi connectivity index (χ0n) is 8.74. The molecule has 0 aliphatic rings. The molecular formula is C12H12N2O. The van der Waals surface area contributed by atoms with Crippen molar-refractivity contribution < 1.29 is 4.79 Å². The van der Waals surface area contributed by atoms with Crippen molar-refractivity contribution in [1.29, 1.82) is 0 Å². The predicted molar refractivity (Wildman–Crippen MR) is 60.4 cm³/mol. The third-order valence-electron chi connectivity index (χ3n) is 2.41. The first-order chi connectivity index (χ1) is 7.18. The van der Waals surface area contributed by atoms with Gasteiger partial charge in [0, 0.05) is 23.3 Å². The number of aromatic nitrogens is 2. The Kier molecular flexibility index (Phi) is 2.37. The highest BCUT2D eigenvalue weighted by atomic mass is 16.1. The van der Waals surface area contributed by atoms with Gasteiger partial charge in [-0.2, -0.15) is 0 Å². The van der Waals surface area contributed by atoms with Crippen LogP contribution < -0.4 is 0 Å². The van der Waals surface area contributed by atoms with Crippen molar-refractivity contribution in [3.8, 4) is 0 Å². The van der Waals surface area contributed by atoms with Gasteiger partial charge in [-0.1, -0.05) is 0 Å².